The Hall–Kier alpha value is -0.0757. The van der Waals surface area contributed by atoms with Crippen molar-refractivity contribution in [1.82, 2.24) is 4.90 Å². The summed E-state index contributed by atoms with van der Waals surface area (Å²) in [5, 5.41) is 13.3. The molecular formula is C22H32Cl2NOPTi. The molecule has 2 aromatic carbocycles. The summed E-state index contributed by atoms with van der Waals surface area (Å²) in [7, 11) is 12.4. The first-order valence-electron chi connectivity index (χ1n) is 9.39. The van der Waals surface area contributed by atoms with E-state index in [0.29, 0.717) is 14.3 Å². The first-order chi connectivity index (χ1) is 13.0. The quantitative estimate of drug-likeness (QED) is 0.438. The van der Waals surface area contributed by atoms with Crippen molar-refractivity contribution < 1.29 is 22.1 Å². The van der Waals surface area contributed by atoms with Crippen molar-refractivity contribution in [2.45, 2.75) is 53.5 Å². The molecular weight excluding hydrogens is 444 g/mol. The van der Waals surface area contributed by atoms with Crippen LogP contribution in [0.1, 0.15) is 49.9 Å². The van der Waals surface area contributed by atoms with Crippen LogP contribution in [0.25, 0.3) is 0 Å². The van der Waals surface area contributed by atoms with Gasteiger partial charge in [-0.1, -0.05) is 60.5 Å². The second-order valence-electron chi connectivity index (χ2n) is 8.09. The predicted octanol–water partition coefficient (Wildman–Crippen LogP) is 5.76. The molecule has 0 fully saturated rings. The maximum atomic E-state index is 10.9. The number of rotatable bonds is 5. The molecule has 0 amide bonds. The Kier molecular flexibility index (Phi) is 11.1. The van der Waals surface area contributed by atoms with Crippen molar-refractivity contribution in [2.75, 3.05) is 13.6 Å². The number of aryl methyl sites for hydroxylation is 2. The molecule has 0 aliphatic heterocycles. The number of nitrogens with zero attached hydrogens (tertiary/aromatic N) is 1. The van der Waals surface area contributed by atoms with E-state index in [4.69, 9.17) is 18.6 Å². The van der Waals surface area contributed by atoms with Gasteiger partial charge in [0.05, 0.1) is 0 Å². The molecule has 2 rings (SSSR count). The summed E-state index contributed by atoms with van der Waals surface area (Å²) in [6.07, 6.45) is 0. The van der Waals surface area contributed by atoms with Crippen LogP contribution >= 0.6 is 27.2 Å². The van der Waals surface area contributed by atoms with Crippen LogP contribution in [0, 0.1) is 13.8 Å². The summed E-state index contributed by atoms with van der Waals surface area (Å²) in [4.78, 5) is 2.32. The number of phenolic OH excluding ortho intramolecular Hbond substituents is 1. The van der Waals surface area contributed by atoms with Gasteiger partial charge in [-0.25, -0.2) is 0 Å². The summed E-state index contributed by atoms with van der Waals surface area (Å²) in [6.45, 7) is 14.9. The van der Waals surface area contributed by atoms with Crippen LogP contribution in [-0.4, -0.2) is 23.6 Å². The second-order valence-corrected chi connectivity index (χ2v) is 12.0. The minimum atomic E-state index is -0.556. The fourth-order valence-corrected chi connectivity index (χ4v) is 4.45. The Labute approximate surface area is 189 Å². The standard InChI is InChI=1S/C22H32NOP.2ClH.Ti/c1-8-23(7)14-17-11-9-10-16(3)21(17)25-19-13-15(2)12-18(20(19)24)22(4,5)6;;;/h9-13,24-25H,8,14H2,1-7H3;2*1H;/q;;;+2/p-2. The van der Waals surface area contributed by atoms with E-state index in [1.54, 1.807) is 0 Å². The van der Waals surface area contributed by atoms with Crippen LogP contribution in [0.3, 0.4) is 0 Å². The number of phenols is 1. The zero-order valence-corrected chi connectivity index (χ0v) is 22.0. The molecule has 0 aromatic heterocycles. The third-order valence-corrected chi connectivity index (χ3v) is 6.28. The number of hydrogen-bond donors (Lipinski definition) is 1. The normalized spacial score (nSPS) is 11.6. The molecule has 0 radical (unpaired) electrons. The third kappa shape index (κ3) is 7.64. The van der Waals surface area contributed by atoms with E-state index in [-0.39, 0.29) is 5.41 Å². The van der Waals surface area contributed by atoms with Crippen LogP contribution < -0.4 is 10.6 Å². The van der Waals surface area contributed by atoms with Crippen LogP contribution in [0.15, 0.2) is 30.3 Å². The molecule has 0 heterocycles. The van der Waals surface area contributed by atoms with Gasteiger partial charge in [-0.2, -0.15) is 0 Å². The molecule has 1 atom stereocenters. The minimum absolute atomic E-state index is 0.0632. The van der Waals surface area contributed by atoms with Crippen molar-refractivity contribution in [3.8, 4) is 5.75 Å². The fraction of sp³-hybridized carbons (Fsp3) is 0.455. The average molecular weight is 476 g/mol. The molecule has 0 saturated heterocycles. The first-order valence-corrected chi connectivity index (χ1v) is 14.7. The van der Waals surface area contributed by atoms with Gasteiger partial charge >= 0.3 is 35.6 Å². The fourth-order valence-electron chi connectivity index (χ4n) is 3.02. The van der Waals surface area contributed by atoms with Crippen LogP contribution in [-0.2, 0) is 29.0 Å². The first kappa shape index (κ1) is 26.0. The number of aromatic hydroxyl groups is 1. The van der Waals surface area contributed by atoms with E-state index in [9.17, 15) is 5.11 Å². The SMILES string of the molecule is CCN(C)Cc1cccc(C)c1Pc1cc(C)cc(C(C)(C)C)c1O.[Cl][Ti][Cl]. The van der Waals surface area contributed by atoms with Crippen LogP contribution in [0.5, 0.6) is 5.75 Å². The predicted molar refractivity (Wildman–Crippen MR) is 124 cm³/mol. The van der Waals surface area contributed by atoms with E-state index in [2.05, 4.69) is 83.8 Å². The molecule has 6 heteroatoms. The summed E-state index contributed by atoms with van der Waals surface area (Å²) >= 11 is -0.556. The third-order valence-electron chi connectivity index (χ3n) is 4.66. The summed E-state index contributed by atoms with van der Waals surface area (Å²) in [5.41, 5.74) is 4.85. The number of halogens is 2. The Morgan fingerprint density at radius 1 is 1.14 bits per heavy atom. The Morgan fingerprint density at radius 2 is 1.75 bits per heavy atom. The van der Waals surface area contributed by atoms with Gasteiger partial charge < -0.3 is 10.0 Å². The topological polar surface area (TPSA) is 23.5 Å². The maximum absolute atomic E-state index is 10.9. The van der Waals surface area contributed by atoms with Crippen molar-refractivity contribution >= 4 is 37.8 Å². The number of hydrogen-bond acceptors (Lipinski definition) is 2. The zero-order chi connectivity index (χ0) is 21.5. The van der Waals surface area contributed by atoms with Crippen molar-refractivity contribution in [1.29, 1.82) is 0 Å². The van der Waals surface area contributed by atoms with Gasteiger partial charge in [0.25, 0.3) is 0 Å². The second kappa shape index (κ2) is 11.9. The van der Waals surface area contributed by atoms with Gasteiger partial charge in [0.1, 0.15) is 5.75 Å². The Morgan fingerprint density at radius 3 is 2.29 bits per heavy atom. The van der Waals surface area contributed by atoms with E-state index in [1.165, 1.54) is 22.0 Å². The van der Waals surface area contributed by atoms with Gasteiger partial charge in [-0.3, -0.25) is 0 Å². The molecule has 154 valence electrons. The van der Waals surface area contributed by atoms with E-state index in [0.717, 1.165) is 24.0 Å². The van der Waals surface area contributed by atoms with E-state index >= 15 is 0 Å². The van der Waals surface area contributed by atoms with E-state index in [1.807, 2.05) is 0 Å². The Bertz CT molecular complexity index is 778. The molecule has 28 heavy (non-hydrogen) atoms. The summed E-state index contributed by atoms with van der Waals surface area (Å²) in [6, 6.07) is 10.8. The molecule has 0 aliphatic carbocycles. The van der Waals surface area contributed by atoms with Gasteiger partial charge in [0.2, 0.25) is 0 Å². The number of benzene rings is 2. The van der Waals surface area contributed by atoms with Gasteiger partial charge in [0.15, 0.2) is 0 Å². The summed E-state index contributed by atoms with van der Waals surface area (Å²) in [5.74, 6) is 0.467. The average Bonchev–Trinajstić information content (AvgIpc) is 2.60. The molecule has 1 unspecified atom stereocenters. The molecule has 2 aromatic rings. The summed E-state index contributed by atoms with van der Waals surface area (Å²) < 4.78 is 0. The van der Waals surface area contributed by atoms with Crippen molar-refractivity contribution in [3.63, 3.8) is 0 Å². The zero-order valence-electron chi connectivity index (χ0n) is 18.0. The monoisotopic (exact) mass is 475 g/mol. The van der Waals surface area contributed by atoms with Crippen molar-refractivity contribution in [2.24, 2.45) is 0 Å². The van der Waals surface area contributed by atoms with Crippen LogP contribution in [0.4, 0.5) is 0 Å². The van der Waals surface area contributed by atoms with Crippen molar-refractivity contribution in [3.05, 3.63) is 52.6 Å². The molecule has 0 saturated carbocycles. The van der Waals surface area contributed by atoms with Crippen LogP contribution in [0.2, 0.25) is 0 Å². The molecule has 0 bridgehead atoms. The van der Waals surface area contributed by atoms with E-state index < -0.39 is 17.0 Å². The molecule has 0 spiro atoms. The van der Waals surface area contributed by atoms with Gasteiger partial charge in [0, 0.05) is 17.4 Å². The van der Waals surface area contributed by atoms with Gasteiger partial charge in [-0.05, 0) is 60.9 Å². The Balaban J connectivity index is 0.00000122. The molecule has 1 N–H and O–H groups in total. The van der Waals surface area contributed by atoms with Gasteiger partial charge in [-0.15, -0.1) is 0 Å². The molecule has 2 nitrogen and oxygen atoms in total. The molecule has 0 aliphatic rings.